The second-order valence-electron chi connectivity index (χ2n) is 3.78. The zero-order chi connectivity index (χ0) is 12.0. The smallest absolute Gasteiger partial charge is 0.246 e. The zero-order valence-electron chi connectivity index (χ0n) is 10.1. The van der Waals surface area contributed by atoms with Crippen molar-refractivity contribution < 1.29 is 9.53 Å². The molecule has 0 bridgehead atoms. The van der Waals surface area contributed by atoms with Crippen LogP contribution in [0.5, 0.6) is 0 Å². The highest BCUT2D eigenvalue weighted by Crippen LogP contribution is 2.16. The van der Waals surface area contributed by atoms with Crippen molar-refractivity contribution in [2.75, 3.05) is 13.2 Å². The minimum atomic E-state index is -0.0717. The van der Waals surface area contributed by atoms with Crippen LogP contribution in [0.15, 0.2) is 24.3 Å². The van der Waals surface area contributed by atoms with Gasteiger partial charge in [0, 0.05) is 6.61 Å². The molecule has 1 amide bonds. The quantitative estimate of drug-likeness (QED) is 0.827. The molecule has 0 aliphatic rings. The van der Waals surface area contributed by atoms with E-state index in [1.54, 1.807) is 0 Å². The van der Waals surface area contributed by atoms with Gasteiger partial charge in [0.1, 0.15) is 6.61 Å². The highest BCUT2D eigenvalue weighted by Gasteiger charge is 2.10. The molecule has 1 aromatic carbocycles. The fraction of sp³-hybridized carbons (Fsp3) is 0.462. The maximum atomic E-state index is 11.5. The van der Waals surface area contributed by atoms with Crippen molar-refractivity contribution in [3.63, 3.8) is 0 Å². The van der Waals surface area contributed by atoms with Gasteiger partial charge in [-0.2, -0.15) is 0 Å². The van der Waals surface area contributed by atoms with E-state index in [4.69, 9.17) is 4.74 Å². The first-order chi connectivity index (χ1) is 7.65. The Balaban J connectivity index is 2.55. The minimum Gasteiger partial charge on any atom is -0.372 e. The molecule has 1 atom stereocenters. The summed E-state index contributed by atoms with van der Waals surface area (Å²) in [4.78, 5) is 11.5. The van der Waals surface area contributed by atoms with E-state index in [0.29, 0.717) is 6.61 Å². The number of benzene rings is 1. The number of carbonyl (C=O) groups is 1. The molecular formula is C13H19NO2. The summed E-state index contributed by atoms with van der Waals surface area (Å²) in [6.45, 7) is 6.59. The molecule has 3 heteroatoms. The summed E-state index contributed by atoms with van der Waals surface area (Å²) in [5.41, 5.74) is 2.33. The van der Waals surface area contributed by atoms with Crippen LogP contribution in [0, 0.1) is 6.92 Å². The molecule has 0 aromatic heterocycles. The number of hydrogen-bond donors (Lipinski definition) is 1. The van der Waals surface area contributed by atoms with Gasteiger partial charge in [0.25, 0.3) is 0 Å². The van der Waals surface area contributed by atoms with Crippen LogP contribution in [0.4, 0.5) is 0 Å². The van der Waals surface area contributed by atoms with Gasteiger partial charge in [0.2, 0.25) is 5.91 Å². The highest BCUT2D eigenvalue weighted by atomic mass is 16.5. The minimum absolute atomic E-state index is 0.0224. The average molecular weight is 221 g/mol. The van der Waals surface area contributed by atoms with Gasteiger partial charge in [-0.25, -0.2) is 0 Å². The van der Waals surface area contributed by atoms with Crippen LogP contribution >= 0.6 is 0 Å². The van der Waals surface area contributed by atoms with Crippen LogP contribution in [0.25, 0.3) is 0 Å². The van der Waals surface area contributed by atoms with E-state index < -0.39 is 0 Å². The molecule has 0 saturated heterocycles. The predicted molar refractivity (Wildman–Crippen MR) is 64.2 cm³/mol. The Bertz CT molecular complexity index is 350. The molecule has 0 fully saturated rings. The molecule has 16 heavy (non-hydrogen) atoms. The first-order valence-corrected chi connectivity index (χ1v) is 5.57. The third-order valence-electron chi connectivity index (χ3n) is 2.47. The molecule has 0 aliphatic heterocycles. The largest absolute Gasteiger partial charge is 0.372 e. The van der Waals surface area contributed by atoms with E-state index in [-0.39, 0.29) is 18.6 Å². The predicted octanol–water partition coefficient (Wildman–Crippen LogP) is 2.21. The molecule has 3 nitrogen and oxygen atoms in total. The molecule has 88 valence electrons. The number of rotatable bonds is 5. The van der Waals surface area contributed by atoms with E-state index in [2.05, 4.69) is 5.32 Å². The summed E-state index contributed by atoms with van der Waals surface area (Å²) in [5.74, 6) is -0.0717. The zero-order valence-corrected chi connectivity index (χ0v) is 10.1. The molecule has 0 spiro atoms. The Kier molecular flexibility index (Phi) is 4.99. The van der Waals surface area contributed by atoms with Crippen LogP contribution in [0.3, 0.4) is 0 Å². The Labute approximate surface area is 96.8 Å². The molecule has 0 aliphatic carbocycles. The van der Waals surface area contributed by atoms with E-state index in [1.165, 1.54) is 5.56 Å². The molecule has 0 saturated carbocycles. The number of amides is 1. The van der Waals surface area contributed by atoms with Crippen LogP contribution in [-0.2, 0) is 9.53 Å². The van der Waals surface area contributed by atoms with E-state index in [0.717, 1.165) is 5.56 Å². The summed E-state index contributed by atoms with van der Waals surface area (Å²) in [7, 11) is 0. The summed E-state index contributed by atoms with van der Waals surface area (Å²) in [6, 6.07) is 8.07. The second-order valence-corrected chi connectivity index (χ2v) is 3.78. The van der Waals surface area contributed by atoms with Crippen molar-refractivity contribution in [2.24, 2.45) is 0 Å². The number of ether oxygens (including phenoxy) is 1. The molecule has 0 radical (unpaired) electrons. The van der Waals surface area contributed by atoms with Crippen molar-refractivity contribution in [3.8, 4) is 0 Å². The number of nitrogens with one attached hydrogen (secondary N) is 1. The van der Waals surface area contributed by atoms with Crippen LogP contribution in [0.2, 0.25) is 0 Å². The standard InChI is InChI=1S/C13H19NO2/c1-4-16-9-13(15)14-11(3)12-8-6-5-7-10(12)2/h5-8,11H,4,9H2,1-3H3,(H,14,15)/t11-/m1/s1. The van der Waals surface area contributed by atoms with E-state index >= 15 is 0 Å². The maximum Gasteiger partial charge on any atom is 0.246 e. The lowest BCUT2D eigenvalue weighted by molar-refractivity contribution is -0.126. The van der Waals surface area contributed by atoms with Gasteiger partial charge in [-0.05, 0) is 31.9 Å². The number of hydrogen-bond acceptors (Lipinski definition) is 2. The average Bonchev–Trinajstić information content (AvgIpc) is 2.26. The van der Waals surface area contributed by atoms with Gasteiger partial charge in [0.15, 0.2) is 0 Å². The maximum absolute atomic E-state index is 11.5. The lowest BCUT2D eigenvalue weighted by atomic mass is 10.0. The van der Waals surface area contributed by atoms with Gasteiger partial charge < -0.3 is 10.1 Å². The van der Waals surface area contributed by atoms with Gasteiger partial charge in [0.05, 0.1) is 6.04 Å². The first-order valence-electron chi connectivity index (χ1n) is 5.57. The normalized spacial score (nSPS) is 12.2. The van der Waals surface area contributed by atoms with Crippen LogP contribution in [0.1, 0.15) is 31.0 Å². The lowest BCUT2D eigenvalue weighted by Crippen LogP contribution is -2.30. The molecule has 1 rings (SSSR count). The highest BCUT2D eigenvalue weighted by molar-refractivity contribution is 5.77. The van der Waals surface area contributed by atoms with Crippen molar-refractivity contribution in [1.82, 2.24) is 5.32 Å². The molecule has 0 heterocycles. The topological polar surface area (TPSA) is 38.3 Å². The van der Waals surface area contributed by atoms with Gasteiger partial charge in [-0.1, -0.05) is 24.3 Å². The fourth-order valence-electron chi connectivity index (χ4n) is 1.63. The van der Waals surface area contributed by atoms with E-state index in [9.17, 15) is 4.79 Å². The summed E-state index contributed by atoms with van der Waals surface area (Å²) >= 11 is 0. The Morgan fingerprint density at radius 1 is 1.44 bits per heavy atom. The van der Waals surface area contributed by atoms with Crippen LogP contribution < -0.4 is 5.32 Å². The Morgan fingerprint density at radius 2 is 2.12 bits per heavy atom. The summed E-state index contributed by atoms with van der Waals surface area (Å²) in [5, 5.41) is 2.91. The molecule has 0 unspecified atom stereocenters. The first kappa shape index (κ1) is 12.7. The molecule has 1 aromatic rings. The monoisotopic (exact) mass is 221 g/mol. The van der Waals surface area contributed by atoms with E-state index in [1.807, 2.05) is 45.0 Å². The summed E-state index contributed by atoms with van der Waals surface area (Å²) in [6.07, 6.45) is 0. The van der Waals surface area contributed by atoms with Crippen molar-refractivity contribution in [3.05, 3.63) is 35.4 Å². The lowest BCUT2D eigenvalue weighted by Gasteiger charge is -2.16. The Morgan fingerprint density at radius 3 is 2.75 bits per heavy atom. The number of carbonyl (C=O) groups excluding carboxylic acids is 1. The Hall–Kier alpha value is -1.35. The molecule has 1 N–H and O–H groups in total. The second kappa shape index (κ2) is 6.28. The van der Waals surface area contributed by atoms with Crippen molar-refractivity contribution in [1.29, 1.82) is 0 Å². The SMILES string of the molecule is CCOCC(=O)N[C@H](C)c1ccccc1C. The van der Waals surface area contributed by atoms with Crippen LogP contribution in [-0.4, -0.2) is 19.1 Å². The van der Waals surface area contributed by atoms with Crippen molar-refractivity contribution in [2.45, 2.75) is 26.8 Å². The van der Waals surface area contributed by atoms with Gasteiger partial charge in [-0.3, -0.25) is 4.79 Å². The van der Waals surface area contributed by atoms with Crippen molar-refractivity contribution >= 4 is 5.91 Å². The third-order valence-corrected chi connectivity index (χ3v) is 2.47. The fourth-order valence-corrected chi connectivity index (χ4v) is 1.63. The summed E-state index contributed by atoms with van der Waals surface area (Å²) < 4.78 is 5.05. The number of aryl methyl sites for hydroxylation is 1. The third kappa shape index (κ3) is 3.66. The molecular weight excluding hydrogens is 202 g/mol. The van der Waals surface area contributed by atoms with Gasteiger partial charge in [-0.15, -0.1) is 0 Å². The van der Waals surface area contributed by atoms with Gasteiger partial charge >= 0.3 is 0 Å².